The SMILES string of the molecule is CC1(C2CCNCC2)N=CC2=NC(c3ccc(SC(F)(F)F)cc3)=CC2=N1.Cl.O. The van der Waals surface area contributed by atoms with E-state index in [0.29, 0.717) is 17.3 Å². The van der Waals surface area contributed by atoms with Gasteiger partial charge in [-0.05, 0) is 62.8 Å². The van der Waals surface area contributed by atoms with Crippen molar-refractivity contribution in [2.75, 3.05) is 13.1 Å². The van der Waals surface area contributed by atoms with Crippen LogP contribution in [0.25, 0.3) is 5.70 Å². The lowest BCUT2D eigenvalue weighted by atomic mass is 9.85. The molecule has 158 valence electrons. The van der Waals surface area contributed by atoms with Gasteiger partial charge in [0.2, 0.25) is 0 Å². The van der Waals surface area contributed by atoms with Gasteiger partial charge in [-0.1, -0.05) is 12.1 Å². The fraction of sp³-hybridized carbons (Fsp3) is 0.421. The highest BCUT2D eigenvalue weighted by atomic mass is 35.5. The van der Waals surface area contributed by atoms with Crippen molar-refractivity contribution in [3.8, 4) is 0 Å². The van der Waals surface area contributed by atoms with Crippen molar-refractivity contribution < 1.29 is 18.6 Å². The third kappa shape index (κ3) is 5.28. The van der Waals surface area contributed by atoms with Crippen LogP contribution in [0.15, 0.2) is 50.2 Å². The highest BCUT2D eigenvalue weighted by molar-refractivity contribution is 8.00. The second kappa shape index (κ2) is 8.99. The molecule has 1 saturated heterocycles. The van der Waals surface area contributed by atoms with Gasteiger partial charge in [-0.25, -0.2) is 4.99 Å². The van der Waals surface area contributed by atoms with E-state index >= 15 is 0 Å². The van der Waals surface area contributed by atoms with Crippen molar-refractivity contribution in [2.24, 2.45) is 20.9 Å². The maximum absolute atomic E-state index is 12.5. The van der Waals surface area contributed by atoms with Crippen molar-refractivity contribution in [1.82, 2.24) is 5.32 Å². The predicted molar refractivity (Wildman–Crippen MR) is 115 cm³/mol. The predicted octanol–water partition coefficient (Wildman–Crippen LogP) is 3.93. The molecule has 3 N–H and O–H groups in total. The fourth-order valence-corrected chi connectivity index (χ4v) is 4.15. The van der Waals surface area contributed by atoms with E-state index in [1.807, 2.05) is 6.08 Å². The molecule has 3 aliphatic rings. The Morgan fingerprint density at radius 3 is 2.38 bits per heavy atom. The summed E-state index contributed by atoms with van der Waals surface area (Å²) in [5.74, 6) is 0.389. The standard InChI is InChI=1S/C19H19F3N4S.ClH.H2O/c1-18(13-6-8-23-9-7-13)24-11-17-16(26-18)10-15(25-17)12-2-4-14(5-3-12)27-19(20,21)22;;/h2-5,10-11,13,23H,6-9H2,1H3;1H;1H2. The molecule has 29 heavy (non-hydrogen) atoms. The number of thioether (sulfide) groups is 1. The number of alkyl halides is 3. The second-order valence-corrected chi connectivity index (χ2v) is 8.11. The summed E-state index contributed by atoms with van der Waals surface area (Å²) in [6, 6.07) is 6.24. The normalized spacial score (nSPS) is 23.9. The third-order valence-electron chi connectivity index (χ3n) is 5.07. The second-order valence-electron chi connectivity index (χ2n) is 6.97. The van der Waals surface area contributed by atoms with E-state index in [9.17, 15) is 13.2 Å². The lowest BCUT2D eigenvalue weighted by Crippen LogP contribution is -2.42. The molecule has 3 heterocycles. The number of nitrogens with one attached hydrogen (secondary N) is 1. The van der Waals surface area contributed by atoms with Crippen molar-refractivity contribution >= 4 is 47.5 Å². The molecular formula is C19H22ClF3N4OS. The van der Waals surface area contributed by atoms with Gasteiger partial charge in [-0.15, -0.1) is 12.4 Å². The molecule has 1 atom stereocenters. The lowest BCUT2D eigenvalue weighted by Gasteiger charge is -2.35. The number of nitrogens with zero attached hydrogens (tertiary/aromatic N) is 3. The van der Waals surface area contributed by atoms with Gasteiger partial charge in [-0.3, -0.25) is 9.98 Å². The highest BCUT2D eigenvalue weighted by Gasteiger charge is 2.37. The van der Waals surface area contributed by atoms with Gasteiger partial charge in [-0.2, -0.15) is 13.2 Å². The van der Waals surface area contributed by atoms with Crippen LogP contribution < -0.4 is 5.32 Å². The van der Waals surface area contributed by atoms with Crippen LogP contribution in [0.2, 0.25) is 0 Å². The first-order chi connectivity index (χ1) is 12.8. The van der Waals surface area contributed by atoms with Crippen LogP contribution in [0.4, 0.5) is 13.2 Å². The minimum Gasteiger partial charge on any atom is -0.412 e. The first-order valence-corrected chi connectivity index (χ1v) is 9.67. The molecule has 0 bridgehead atoms. The van der Waals surface area contributed by atoms with Crippen molar-refractivity contribution in [2.45, 2.75) is 35.8 Å². The zero-order chi connectivity index (χ0) is 19.1. The Balaban J connectivity index is 0.00000150. The number of halogens is 4. The molecule has 10 heteroatoms. The fourth-order valence-electron chi connectivity index (χ4n) is 3.61. The molecule has 5 nitrogen and oxygen atoms in total. The Morgan fingerprint density at radius 2 is 1.76 bits per heavy atom. The smallest absolute Gasteiger partial charge is 0.412 e. The minimum atomic E-state index is -4.28. The quantitative estimate of drug-likeness (QED) is 0.714. The van der Waals surface area contributed by atoms with Gasteiger partial charge in [0, 0.05) is 16.4 Å². The molecule has 4 rings (SSSR count). The Kier molecular flexibility index (Phi) is 7.32. The van der Waals surface area contributed by atoms with Crippen LogP contribution in [-0.4, -0.2) is 47.4 Å². The van der Waals surface area contributed by atoms with E-state index in [1.54, 1.807) is 18.3 Å². The highest BCUT2D eigenvalue weighted by Crippen LogP contribution is 2.38. The molecule has 1 aromatic carbocycles. The van der Waals surface area contributed by atoms with Gasteiger partial charge < -0.3 is 10.8 Å². The topological polar surface area (TPSA) is 80.6 Å². The first-order valence-electron chi connectivity index (χ1n) is 8.85. The first kappa shape index (κ1) is 23.6. The number of aliphatic imine (C=N–C) groups is 3. The van der Waals surface area contributed by atoms with Crippen LogP contribution in [0.3, 0.4) is 0 Å². The van der Waals surface area contributed by atoms with Gasteiger partial charge in [0.1, 0.15) is 5.71 Å². The van der Waals surface area contributed by atoms with E-state index < -0.39 is 11.2 Å². The zero-order valence-electron chi connectivity index (χ0n) is 15.7. The monoisotopic (exact) mass is 446 g/mol. The van der Waals surface area contributed by atoms with Crippen LogP contribution in [0.5, 0.6) is 0 Å². The Morgan fingerprint density at radius 1 is 1.10 bits per heavy atom. The number of piperidine rings is 1. The minimum absolute atomic E-state index is 0. The maximum atomic E-state index is 12.5. The number of benzene rings is 1. The Hall–Kier alpha value is -1.68. The van der Waals surface area contributed by atoms with Crippen molar-refractivity contribution in [1.29, 1.82) is 0 Å². The average Bonchev–Trinajstić information content (AvgIpc) is 3.04. The summed E-state index contributed by atoms with van der Waals surface area (Å²) in [7, 11) is 0. The van der Waals surface area contributed by atoms with E-state index in [-0.39, 0.29) is 34.5 Å². The molecule has 0 radical (unpaired) electrons. The van der Waals surface area contributed by atoms with E-state index in [1.165, 1.54) is 12.1 Å². The molecule has 1 unspecified atom stereocenters. The summed E-state index contributed by atoms with van der Waals surface area (Å²) in [6.45, 7) is 4.01. The van der Waals surface area contributed by atoms with Crippen LogP contribution >= 0.6 is 24.2 Å². The number of rotatable bonds is 3. The van der Waals surface area contributed by atoms with Crippen LogP contribution in [-0.2, 0) is 0 Å². The lowest BCUT2D eigenvalue weighted by molar-refractivity contribution is -0.0328. The van der Waals surface area contributed by atoms with E-state index in [4.69, 9.17) is 4.99 Å². The maximum Gasteiger partial charge on any atom is 0.446 e. The van der Waals surface area contributed by atoms with Crippen LogP contribution in [0.1, 0.15) is 25.3 Å². The average molecular weight is 447 g/mol. The number of hydrogen-bond donors (Lipinski definition) is 1. The number of hydrogen-bond acceptors (Lipinski definition) is 5. The van der Waals surface area contributed by atoms with Crippen molar-refractivity contribution in [3.63, 3.8) is 0 Å². The summed E-state index contributed by atoms with van der Waals surface area (Å²) >= 11 is -0.118. The van der Waals surface area contributed by atoms with E-state index in [0.717, 1.165) is 37.2 Å². The largest absolute Gasteiger partial charge is 0.446 e. The zero-order valence-corrected chi connectivity index (χ0v) is 17.3. The van der Waals surface area contributed by atoms with Gasteiger partial charge in [0.05, 0.1) is 17.6 Å². The summed E-state index contributed by atoms with van der Waals surface area (Å²) in [6.07, 6.45) is 5.74. The molecule has 0 spiro atoms. The molecule has 0 amide bonds. The molecule has 1 aromatic rings. The van der Waals surface area contributed by atoms with Gasteiger partial charge in [0.25, 0.3) is 0 Å². The summed E-state index contributed by atoms with van der Waals surface area (Å²) in [5.41, 5.74) is -1.78. The molecule has 0 aliphatic carbocycles. The third-order valence-corrected chi connectivity index (χ3v) is 5.81. The summed E-state index contributed by atoms with van der Waals surface area (Å²) < 4.78 is 37.4. The van der Waals surface area contributed by atoms with E-state index in [2.05, 4.69) is 22.2 Å². The molecule has 1 fully saturated rings. The Labute approximate surface area is 177 Å². The van der Waals surface area contributed by atoms with Crippen molar-refractivity contribution in [3.05, 3.63) is 35.9 Å². The van der Waals surface area contributed by atoms with Gasteiger partial charge >= 0.3 is 5.51 Å². The van der Waals surface area contributed by atoms with Crippen LogP contribution in [0, 0.1) is 5.92 Å². The molecule has 0 aromatic heterocycles. The molecular weight excluding hydrogens is 425 g/mol. The number of allylic oxidation sites excluding steroid dienone is 1. The molecule has 0 saturated carbocycles. The number of fused-ring (bicyclic) bond motifs is 1. The van der Waals surface area contributed by atoms with Gasteiger partial charge in [0.15, 0.2) is 5.66 Å². The molecule has 3 aliphatic heterocycles. The Bertz CT molecular complexity index is 861. The summed E-state index contributed by atoms with van der Waals surface area (Å²) in [4.78, 5) is 14.3. The summed E-state index contributed by atoms with van der Waals surface area (Å²) in [5, 5.41) is 3.36.